The monoisotopic (exact) mass is 592 g/mol. The average molecular weight is 593 g/mol. The number of unbranched alkanes of at least 4 members (excludes halogenated alkanes) is 13. The minimum atomic E-state index is -0.413. The zero-order chi connectivity index (χ0) is 29.7. The number of thioether (sulfide) groups is 1. The third-order valence-electron chi connectivity index (χ3n) is 7.10. The zero-order valence-electron chi connectivity index (χ0n) is 25.4. The lowest BCUT2D eigenvalue weighted by Gasteiger charge is -2.08. The van der Waals surface area contributed by atoms with Crippen LogP contribution in [0.15, 0.2) is 70.8 Å². The summed E-state index contributed by atoms with van der Waals surface area (Å²) in [5, 5.41) is 8.92. The molecule has 0 N–H and O–H groups in total. The third kappa shape index (κ3) is 13.3. The summed E-state index contributed by atoms with van der Waals surface area (Å²) in [5.41, 5.74) is 1.26. The summed E-state index contributed by atoms with van der Waals surface area (Å²) in [6.45, 7) is 6.70. The van der Waals surface area contributed by atoms with Crippen molar-refractivity contribution in [3.8, 4) is 23.0 Å². The van der Waals surface area contributed by atoms with Gasteiger partial charge < -0.3 is 13.9 Å². The molecule has 6 nitrogen and oxygen atoms in total. The van der Waals surface area contributed by atoms with Gasteiger partial charge in [0.15, 0.2) is 0 Å². The number of aromatic nitrogens is 2. The number of carbonyl (C=O) groups is 1. The SMILES string of the molecule is C=CCCCCCCCCCOc1ccc(C(=O)Oc2ccc(-c3nnc(SCCCCCCCCC)o3)cc2)cc1. The number of nitrogens with zero attached hydrogens (tertiary/aromatic N) is 2. The van der Waals surface area contributed by atoms with Crippen LogP contribution in [0.25, 0.3) is 11.5 Å². The number of esters is 1. The van der Waals surface area contributed by atoms with Gasteiger partial charge in [0, 0.05) is 11.3 Å². The molecule has 0 saturated carbocycles. The van der Waals surface area contributed by atoms with Crippen molar-refractivity contribution in [1.29, 1.82) is 0 Å². The number of carbonyl (C=O) groups excluding carboxylic acids is 1. The highest BCUT2D eigenvalue weighted by atomic mass is 32.2. The largest absolute Gasteiger partial charge is 0.494 e. The van der Waals surface area contributed by atoms with E-state index in [-0.39, 0.29) is 0 Å². The number of hydrogen-bond acceptors (Lipinski definition) is 7. The van der Waals surface area contributed by atoms with Gasteiger partial charge in [0.2, 0.25) is 5.89 Å². The molecular weight excluding hydrogens is 544 g/mol. The topological polar surface area (TPSA) is 74.5 Å². The highest BCUT2D eigenvalue weighted by Gasteiger charge is 2.12. The van der Waals surface area contributed by atoms with Gasteiger partial charge >= 0.3 is 5.97 Å². The highest BCUT2D eigenvalue weighted by Crippen LogP contribution is 2.26. The Morgan fingerprint density at radius 2 is 1.40 bits per heavy atom. The molecule has 0 spiro atoms. The maximum absolute atomic E-state index is 12.6. The predicted octanol–water partition coefficient (Wildman–Crippen LogP) is 10.5. The number of benzene rings is 2. The van der Waals surface area contributed by atoms with E-state index in [2.05, 4.69) is 23.7 Å². The lowest BCUT2D eigenvalue weighted by molar-refractivity contribution is 0.0734. The molecule has 42 heavy (non-hydrogen) atoms. The molecule has 0 unspecified atom stereocenters. The molecule has 0 atom stereocenters. The van der Waals surface area contributed by atoms with Gasteiger partial charge in [-0.2, -0.15) is 0 Å². The van der Waals surface area contributed by atoms with E-state index in [1.54, 1.807) is 36.0 Å². The van der Waals surface area contributed by atoms with Crippen LogP contribution in [-0.4, -0.2) is 28.5 Å². The third-order valence-corrected chi connectivity index (χ3v) is 8.01. The fourth-order valence-electron chi connectivity index (χ4n) is 4.59. The normalized spacial score (nSPS) is 11.0. The van der Waals surface area contributed by atoms with Gasteiger partial charge in [-0.05, 0) is 74.2 Å². The summed E-state index contributed by atoms with van der Waals surface area (Å²) in [6.07, 6.45) is 20.7. The van der Waals surface area contributed by atoms with Crippen LogP contribution in [0.2, 0.25) is 0 Å². The number of ether oxygens (including phenoxy) is 2. The predicted molar refractivity (Wildman–Crippen MR) is 172 cm³/mol. The summed E-state index contributed by atoms with van der Waals surface area (Å²) >= 11 is 1.60. The molecule has 0 amide bonds. The van der Waals surface area contributed by atoms with E-state index < -0.39 is 5.97 Å². The minimum absolute atomic E-state index is 0.413. The molecule has 1 aromatic heterocycles. The first-order chi connectivity index (χ1) is 20.7. The van der Waals surface area contributed by atoms with Gasteiger partial charge in [-0.15, -0.1) is 16.8 Å². The Labute approximate surface area is 256 Å². The second-order valence-corrected chi connectivity index (χ2v) is 11.7. The Bertz CT molecular complexity index is 1140. The molecule has 3 aromatic rings. The van der Waals surface area contributed by atoms with Crippen molar-refractivity contribution in [2.45, 2.75) is 108 Å². The van der Waals surface area contributed by atoms with Gasteiger partial charge in [-0.3, -0.25) is 0 Å². The van der Waals surface area contributed by atoms with E-state index in [9.17, 15) is 4.79 Å². The first kappa shape index (κ1) is 33.4. The Kier molecular flexibility index (Phi) is 16.5. The number of hydrogen-bond donors (Lipinski definition) is 0. The summed E-state index contributed by atoms with van der Waals surface area (Å²) in [5.74, 6) is 2.25. The summed E-state index contributed by atoms with van der Waals surface area (Å²) in [4.78, 5) is 12.6. The second kappa shape index (κ2) is 20.8. The summed E-state index contributed by atoms with van der Waals surface area (Å²) < 4.78 is 17.2. The molecular formula is C35H48N2O4S. The van der Waals surface area contributed by atoms with E-state index in [1.807, 2.05) is 30.3 Å². The Morgan fingerprint density at radius 3 is 2.10 bits per heavy atom. The molecule has 0 radical (unpaired) electrons. The van der Waals surface area contributed by atoms with Crippen LogP contribution in [0.5, 0.6) is 11.5 Å². The summed E-state index contributed by atoms with van der Waals surface area (Å²) in [7, 11) is 0. The van der Waals surface area contributed by atoms with E-state index >= 15 is 0 Å². The molecule has 3 rings (SSSR count). The first-order valence-corrected chi connectivity index (χ1v) is 16.8. The molecule has 0 aliphatic rings. The molecule has 228 valence electrons. The average Bonchev–Trinajstić information content (AvgIpc) is 3.49. The van der Waals surface area contributed by atoms with Gasteiger partial charge in [0.1, 0.15) is 11.5 Å². The molecule has 2 aromatic carbocycles. The van der Waals surface area contributed by atoms with Gasteiger partial charge in [0.05, 0.1) is 12.2 Å². The lowest BCUT2D eigenvalue weighted by atomic mass is 10.1. The first-order valence-electron chi connectivity index (χ1n) is 15.8. The van der Waals surface area contributed by atoms with E-state index in [1.165, 1.54) is 77.0 Å². The van der Waals surface area contributed by atoms with Gasteiger partial charge in [-0.25, -0.2) is 4.79 Å². The second-order valence-electron chi connectivity index (χ2n) is 10.7. The quantitative estimate of drug-likeness (QED) is 0.0356. The van der Waals surface area contributed by atoms with Crippen molar-refractivity contribution >= 4 is 17.7 Å². The molecule has 0 aliphatic heterocycles. The van der Waals surface area contributed by atoms with Crippen LogP contribution < -0.4 is 9.47 Å². The maximum Gasteiger partial charge on any atom is 0.343 e. The molecule has 0 bridgehead atoms. The van der Waals surface area contributed by atoms with Crippen molar-refractivity contribution in [2.24, 2.45) is 0 Å². The fraction of sp³-hybridized carbons (Fsp3) is 0.514. The van der Waals surface area contributed by atoms with Crippen molar-refractivity contribution in [3.63, 3.8) is 0 Å². The van der Waals surface area contributed by atoms with Crippen molar-refractivity contribution in [2.75, 3.05) is 12.4 Å². The van der Waals surface area contributed by atoms with Crippen molar-refractivity contribution in [3.05, 3.63) is 66.7 Å². The smallest absolute Gasteiger partial charge is 0.343 e. The van der Waals surface area contributed by atoms with Gasteiger partial charge in [-0.1, -0.05) is 95.4 Å². The van der Waals surface area contributed by atoms with Crippen LogP contribution in [0, 0.1) is 0 Å². The molecule has 0 aliphatic carbocycles. The Hall–Kier alpha value is -3.06. The van der Waals surface area contributed by atoms with Crippen molar-refractivity contribution < 1.29 is 18.7 Å². The molecule has 1 heterocycles. The maximum atomic E-state index is 12.6. The Balaban J connectivity index is 1.32. The standard InChI is InChI=1S/C35H48N2O4S/c1-3-5-7-9-11-12-13-15-17-27-39-31-23-21-30(22-24-31)34(38)40-32-25-19-29(20-26-32)33-36-37-35(41-33)42-28-18-16-14-10-8-6-4-2/h3,19-26H,1,4-18,27-28H2,2H3. The molecule has 0 saturated heterocycles. The van der Waals surface area contributed by atoms with E-state index in [0.717, 1.165) is 36.3 Å². The van der Waals surface area contributed by atoms with E-state index in [0.29, 0.717) is 29.0 Å². The van der Waals surface area contributed by atoms with Crippen LogP contribution in [0.4, 0.5) is 0 Å². The minimum Gasteiger partial charge on any atom is -0.494 e. The molecule has 0 fully saturated rings. The highest BCUT2D eigenvalue weighted by molar-refractivity contribution is 7.99. The van der Waals surface area contributed by atoms with Crippen LogP contribution in [0.1, 0.15) is 114 Å². The van der Waals surface area contributed by atoms with Crippen LogP contribution in [-0.2, 0) is 0 Å². The van der Waals surface area contributed by atoms with Gasteiger partial charge in [0.25, 0.3) is 5.22 Å². The zero-order valence-corrected chi connectivity index (χ0v) is 26.2. The Morgan fingerprint density at radius 1 is 0.786 bits per heavy atom. The lowest BCUT2D eigenvalue weighted by Crippen LogP contribution is -2.08. The number of allylic oxidation sites excluding steroid dienone is 1. The van der Waals surface area contributed by atoms with Crippen LogP contribution in [0.3, 0.4) is 0 Å². The number of rotatable bonds is 23. The van der Waals surface area contributed by atoms with Crippen LogP contribution >= 0.6 is 11.8 Å². The van der Waals surface area contributed by atoms with Crippen molar-refractivity contribution in [1.82, 2.24) is 10.2 Å². The molecule has 7 heteroatoms. The van der Waals surface area contributed by atoms with E-state index in [4.69, 9.17) is 13.9 Å². The fourth-order valence-corrected chi connectivity index (χ4v) is 5.35. The summed E-state index contributed by atoms with van der Waals surface area (Å²) in [6, 6.07) is 14.2.